The minimum atomic E-state index is -0.539. The highest BCUT2D eigenvalue weighted by Crippen LogP contribution is 2.29. The number of non-ortho nitro benzene ring substituents is 1. The number of benzene rings is 2. The Morgan fingerprint density at radius 1 is 1.14 bits per heavy atom. The first-order valence-electron chi connectivity index (χ1n) is 9.41. The molecule has 0 unspecified atom stereocenters. The molecule has 0 aromatic heterocycles. The first-order chi connectivity index (χ1) is 13.6. The van der Waals surface area contributed by atoms with Crippen LogP contribution in [0.2, 0.25) is 0 Å². The van der Waals surface area contributed by atoms with Crippen LogP contribution in [0, 0.1) is 28.4 Å². The maximum atomic E-state index is 10.9. The summed E-state index contributed by atoms with van der Waals surface area (Å²) < 4.78 is 0.901. The van der Waals surface area contributed by atoms with Crippen LogP contribution in [0.15, 0.2) is 46.6 Å². The van der Waals surface area contributed by atoms with Crippen LogP contribution in [0.25, 0.3) is 0 Å². The van der Waals surface area contributed by atoms with E-state index in [1.54, 1.807) is 0 Å². The Morgan fingerprint density at radius 2 is 1.79 bits per heavy atom. The summed E-state index contributed by atoms with van der Waals surface area (Å²) in [6.45, 7) is 7.00. The molecule has 8 heteroatoms. The van der Waals surface area contributed by atoms with E-state index in [-0.39, 0.29) is 11.3 Å². The molecule has 2 rings (SSSR count). The van der Waals surface area contributed by atoms with Gasteiger partial charge in [-0.1, -0.05) is 0 Å². The molecule has 8 nitrogen and oxygen atoms in total. The SMILES string of the molecule is CCN(CC[N+](C)(C)C)c1ccc(N=Nc2ccc([N+](=O)[O-])cc2C#N)c(C)c1. The predicted octanol–water partition coefficient (Wildman–Crippen LogP) is 4.72. The molecule has 0 saturated heterocycles. The summed E-state index contributed by atoms with van der Waals surface area (Å²) >= 11 is 0. The van der Waals surface area contributed by atoms with E-state index >= 15 is 0 Å². The molecule has 2 aromatic carbocycles. The topological polar surface area (TPSA) is 94.9 Å². The van der Waals surface area contributed by atoms with Gasteiger partial charge in [0.05, 0.1) is 50.4 Å². The van der Waals surface area contributed by atoms with Crippen LogP contribution in [0.4, 0.5) is 22.7 Å². The number of rotatable bonds is 8. The molecule has 0 amide bonds. The Hall–Kier alpha value is -3.31. The van der Waals surface area contributed by atoms with E-state index in [0.717, 1.165) is 35.4 Å². The zero-order valence-electron chi connectivity index (χ0n) is 17.6. The third kappa shape index (κ3) is 6.09. The van der Waals surface area contributed by atoms with Gasteiger partial charge >= 0.3 is 0 Å². The summed E-state index contributed by atoms with van der Waals surface area (Å²) in [5.74, 6) is 0. The number of aryl methyl sites for hydroxylation is 1. The summed E-state index contributed by atoms with van der Waals surface area (Å²) in [5.41, 5.74) is 3.07. The van der Waals surface area contributed by atoms with Gasteiger partial charge in [0.25, 0.3) is 5.69 Å². The maximum absolute atomic E-state index is 10.9. The van der Waals surface area contributed by atoms with E-state index in [0.29, 0.717) is 11.4 Å². The van der Waals surface area contributed by atoms with Crippen LogP contribution in [0.5, 0.6) is 0 Å². The lowest BCUT2D eigenvalue weighted by Crippen LogP contribution is -2.42. The average molecular weight is 395 g/mol. The molecule has 0 saturated carbocycles. The fourth-order valence-corrected chi connectivity index (χ4v) is 2.76. The molecule has 0 radical (unpaired) electrons. The molecular formula is C21H27N6O2+. The van der Waals surface area contributed by atoms with E-state index < -0.39 is 4.92 Å². The fourth-order valence-electron chi connectivity index (χ4n) is 2.76. The molecular weight excluding hydrogens is 368 g/mol. The molecule has 2 aromatic rings. The Bertz CT molecular complexity index is 957. The van der Waals surface area contributed by atoms with Crippen molar-refractivity contribution in [3.05, 3.63) is 57.6 Å². The van der Waals surface area contributed by atoms with Gasteiger partial charge in [0.2, 0.25) is 0 Å². The molecule has 152 valence electrons. The van der Waals surface area contributed by atoms with E-state index in [4.69, 9.17) is 0 Å². The van der Waals surface area contributed by atoms with Crippen molar-refractivity contribution in [2.75, 3.05) is 45.7 Å². The monoisotopic (exact) mass is 395 g/mol. The van der Waals surface area contributed by atoms with Crippen LogP contribution >= 0.6 is 0 Å². The van der Waals surface area contributed by atoms with Gasteiger partial charge in [-0.3, -0.25) is 10.1 Å². The second-order valence-electron chi connectivity index (χ2n) is 7.83. The van der Waals surface area contributed by atoms with E-state index in [2.05, 4.69) is 49.3 Å². The largest absolute Gasteiger partial charge is 0.366 e. The Morgan fingerprint density at radius 3 is 2.34 bits per heavy atom. The number of hydrogen-bond donors (Lipinski definition) is 0. The lowest BCUT2D eigenvalue weighted by atomic mass is 10.1. The first kappa shape index (κ1) is 22.0. The second-order valence-corrected chi connectivity index (χ2v) is 7.83. The third-order valence-electron chi connectivity index (χ3n) is 4.54. The van der Waals surface area contributed by atoms with Crippen molar-refractivity contribution in [2.24, 2.45) is 10.2 Å². The molecule has 29 heavy (non-hydrogen) atoms. The van der Waals surface area contributed by atoms with Crippen molar-refractivity contribution in [1.29, 1.82) is 5.26 Å². The molecule has 0 aliphatic heterocycles. The van der Waals surface area contributed by atoms with Gasteiger partial charge in [-0.15, -0.1) is 5.11 Å². The average Bonchev–Trinajstić information content (AvgIpc) is 2.66. The number of likely N-dealkylation sites (N-methyl/N-ethyl adjacent to an activating group) is 2. The molecule has 0 aliphatic carbocycles. The summed E-state index contributed by atoms with van der Waals surface area (Å²) in [4.78, 5) is 12.6. The molecule has 0 N–H and O–H groups in total. The van der Waals surface area contributed by atoms with Crippen LogP contribution in [-0.4, -0.2) is 50.2 Å². The van der Waals surface area contributed by atoms with Crippen molar-refractivity contribution < 1.29 is 9.41 Å². The second kappa shape index (κ2) is 9.26. The first-order valence-corrected chi connectivity index (χ1v) is 9.41. The molecule has 0 fully saturated rings. The third-order valence-corrected chi connectivity index (χ3v) is 4.54. The van der Waals surface area contributed by atoms with Crippen LogP contribution in [0.3, 0.4) is 0 Å². The normalized spacial score (nSPS) is 11.4. The van der Waals surface area contributed by atoms with Crippen LogP contribution in [0.1, 0.15) is 18.1 Å². The Kier molecular flexibility index (Phi) is 7.02. The zero-order valence-corrected chi connectivity index (χ0v) is 17.6. The smallest absolute Gasteiger partial charge is 0.270 e. The standard InChI is InChI=1S/C21H27N6O2/c1-6-25(11-12-27(3,4)5)18-7-9-20(16(2)13-18)23-24-21-10-8-19(26(28)29)14-17(21)15-22/h7-10,13-14H,6,11-12H2,1-5H3/q+1. The highest BCUT2D eigenvalue weighted by molar-refractivity contribution is 5.60. The van der Waals surface area contributed by atoms with Gasteiger partial charge in [-0.2, -0.15) is 10.4 Å². The Balaban J connectivity index is 2.23. The van der Waals surface area contributed by atoms with Crippen molar-refractivity contribution in [3.8, 4) is 6.07 Å². The quantitative estimate of drug-likeness (QED) is 0.280. The van der Waals surface area contributed by atoms with Crippen LogP contribution in [-0.2, 0) is 0 Å². The zero-order chi connectivity index (χ0) is 21.6. The van der Waals surface area contributed by atoms with Crippen LogP contribution < -0.4 is 4.90 Å². The summed E-state index contributed by atoms with van der Waals surface area (Å²) in [6, 6.07) is 11.9. The number of nitrogens with zero attached hydrogens (tertiary/aromatic N) is 6. The number of quaternary nitrogens is 1. The van der Waals surface area contributed by atoms with Gasteiger partial charge in [0.1, 0.15) is 11.8 Å². The number of anilines is 1. The number of nitro groups is 1. The number of azo groups is 1. The van der Waals surface area contributed by atoms with E-state index in [1.807, 2.05) is 25.1 Å². The minimum absolute atomic E-state index is 0.120. The van der Waals surface area contributed by atoms with Crippen molar-refractivity contribution in [2.45, 2.75) is 13.8 Å². The summed E-state index contributed by atoms with van der Waals surface area (Å²) in [6.07, 6.45) is 0. The van der Waals surface area contributed by atoms with Gasteiger partial charge in [-0.05, 0) is 43.7 Å². The summed E-state index contributed by atoms with van der Waals surface area (Å²) in [7, 11) is 6.53. The predicted molar refractivity (Wildman–Crippen MR) is 114 cm³/mol. The van der Waals surface area contributed by atoms with Gasteiger partial charge in [0.15, 0.2) is 0 Å². The number of nitriles is 1. The number of hydrogen-bond acceptors (Lipinski definition) is 6. The van der Waals surface area contributed by atoms with E-state index in [9.17, 15) is 15.4 Å². The molecule has 0 heterocycles. The summed E-state index contributed by atoms with van der Waals surface area (Å²) in [5, 5.41) is 28.5. The lowest BCUT2D eigenvalue weighted by molar-refractivity contribution is -0.868. The van der Waals surface area contributed by atoms with Gasteiger partial charge in [0, 0.05) is 24.4 Å². The molecule has 0 aliphatic rings. The Labute approximate surface area is 171 Å². The van der Waals surface area contributed by atoms with Gasteiger partial charge < -0.3 is 9.38 Å². The fraction of sp³-hybridized carbons (Fsp3) is 0.381. The van der Waals surface area contributed by atoms with Crippen molar-refractivity contribution in [1.82, 2.24) is 0 Å². The minimum Gasteiger partial charge on any atom is -0.366 e. The molecule has 0 bridgehead atoms. The van der Waals surface area contributed by atoms with Crippen molar-refractivity contribution in [3.63, 3.8) is 0 Å². The molecule has 0 atom stereocenters. The van der Waals surface area contributed by atoms with Gasteiger partial charge in [-0.25, -0.2) is 0 Å². The number of nitro benzene ring substituents is 1. The molecule has 0 spiro atoms. The highest BCUT2D eigenvalue weighted by atomic mass is 16.6. The highest BCUT2D eigenvalue weighted by Gasteiger charge is 2.13. The lowest BCUT2D eigenvalue weighted by Gasteiger charge is -2.29. The van der Waals surface area contributed by atoms with Crippen molar-refractivity contribution >= 4 is 22.7 Å². The van der Waals surface area contributed by atoms with E-state index in [1.165, 1.54) is 18.2 Å². The maximum Gasteiger partial charge on any atom is 0.270 e.